The molecule has 1 atom stereocenters. The van der Waals surface area contributed by atoms with Crippen molar-refractivity contribution in [3.63, 3.8) is 0 Å². The van der Waals surface area contributed by atoms with Gasteiger partial charge in [-0.25, -0.2) is 9.18 Å². The Balaban J connectivity index is 2.70. The van der Waals surface area contributed by atoms with Crippen molar-refractivity contribution in [1.29, 1.82) is 5.26 Å². The molecule has 0 spiro atoms. The first-order chi connectivity index (χ1) is 13.1. The number of carbonyl (C=O) groups excluding carboxylic acids is 1. The standard InChI is InChI=1S/C18H12Cl2F4N2O2/c1-2-28-16(27)17(9-25,7-11-12(19)4-3-5-14(11)21)15-13(20)6-10(8-26-15)18(22,23)24/h3-6,8H,2,7H2,1H3/t17-/m1/s1. The van der Waals surface area contributed by atoms with Crippen molar-refractivity contribution in [3.8, 4) is 6.07 Å². The average Bonchev–Trinajstić information content (AvgIpc) is 2.62. The number of hydrogen-bond acceptors (Lipinski definition) is 4. The number of carbonyl (C=O) groups is 1. The largest absolute Gasteiger partial charge is 0.464 e. The van der Waals surface area contributed by atoms with E-state index in [2.05, 4.69) is 4.98 Å². The highest BCUT2D eigenvalue weighted by Gasteiger charge is 2.47. The fourth-order valence-corrected chi connectivity index (χ4v) is 3.08. The molecular weight excluding hydrogens is 423 g/mol. The van der Waals surface area contributed by atoms with E-state index in [-0.39, 0.29) is 17.2 Å². The van der Waals surface area contributed by atoms with Crippen LogP contribution in [0.2, 0.25) is 10.0 Å². The number of ether oxygens (including phenoxy) is 1. The molecule has 0 amide bonds. The Hall–Kier alpha value is -2.37. The Bertz CT molecular complexity index is 924. The summed E-state index contributed by atoms with van der Waals surface area (Å²) in [5, 5.41) is 9.12. The van der Waals surface area contributed by atoms with E-state index >= 15 is 0 Å². The summed E-state index contributed by atoms with van der Waals surface area (Å²) in [5.74, 6) is -1.94. The molecule has 4 nitrogen and oxygen atoms in total. The molecule has 0 radical (unpaired) electrons. The predicted octanol–water partition coefficient (Wildman–Crippen LogP) is 5.11. The van der Waals surface area contributed by atoms with E-state index in [1.165, 1.54) is 19.1 Å². The molecule has 0 unspecified atom stereocenters. The lowest BCUT2D eigenvalue weighted by atomic mass is 9.79. The van der Waals surface area contributed by atoms with E-state index < -0.39 is 46.1 Å². The average molecular weight is 435 g/mol. The Morgan fingerprint density at radius 3 is 2.46 bits per heavy atom. The molecule has 0 aliphatic carbocycles. The van der Waals surface area contributed by atoms with Gasteiger partial charge < -0.3 is 4.74 Å². The van der Waals surface area contributed by atoms with E-state index in [0.717, 1.165) is 6.07 Å². The van der Waals surface area contributed by atoms with E-state index in [0.29, 0.717) is 12.3 Å². The maximum absolute atomic E-state index is 14.3. The number of rotatable bonds is 5. The third-order valence-electron chi connectivity index (χ3n) is 3.89. The molecule has 0 bridgehead atoms. The van der Waals surface area contributed by atoms with E-state index in [9.17, 15) is 27.6 Å². The number of benzene rings is 1. The topological polar surface area (TPSA) is 63.0 Å². The molecule has 10 heteroatoms. The van der Waals surface area contributed by atoms with Gasteiger partial charge >= 0.3 is 12.1 Å². The number of halogens is 6. The summed E-state index contributed by atoms with van der Waals surface area (Å²) in [5.41, 5.74) is -4.15. The van der Waals surface area contributed by atoms with Crippen molar-refractivity contribution in [3.05, 3.63) is 63.1 Å². The van der Waals surface area contributed by atoms with Gasteiger partial charge in [-0.1, -0.05) is 29.3 Å². The first-order valence-electron chi connectivity index (χ1n) is 7.81. The first kappa shape index (κ1) is 21.9. The molecule has 0 aliphatic heterocycles. The van der Waals surface area contributed by atoms with E-state index in [1.807, 2.05) is 0 Å². The van der Waals surface area contributed by atoms with Crippen LogP contribution in [0.1, 0.15) is 23.7 Å². The number of pyridine rings is 1. The predicted molar refractivity (Wildman–Crippen MR) is 93.3 cm³/mol. The second-order valence-corrected chi connectivity index (χ2v) is 6.48. The number of hydrogen-bond donors (Lipinski definition) is 0. The second-order valence-electron chi connectivity index (χ2n) is 5.67. The molecule has 2 rings (SSSR count). The molecule has 2 aromatic rings. The van der Waals surface area contributed by atoms with Gasteiger partial charge in [0, 0.05) is 23.2 Å². The maximum Gasteiger partial charge on any atom is 0.417 e. The summed E-state index contributed by atoms with van der Waals surface area (Å²) in [6.07, 6.45) is -4.93. The minimum absolute atomic E-state index is 0.0769. The lowest BCUT2D eigenvalue weighted by Gasteiger charge is -2.26. The number of nitrogens with zero attached hydrogens (tertiary/aromatic N) is 2. The van der Waals surface area contributed by atoms with Crippen molar-refractivity contribution < 1.29 is 27.1 Å². The zero-order valence-electron chi connectivity index (χ0n) is 14.3. The van der Waals surface area contributed by atoms with Crippen molar-refractivity contribution in [2.24, 2.45) is 0 Å². The summed E-state index contributed by atoms with van der Waals surface area (Å²) in [7, 11) is 0. The molecule has 1 aromatic heterocycles. The number of nitriles is 1. The van der Waals surface area contributed by atoms with Crippen LogP contribution >= 0.6 is 23.2 Å². The lowest BCUT2D eigenvalue weighted by molar-refractivity contribution is -0.148. The van der Waals surface area contributed by atoms with Gasteiger partial charge in [-0.3, -0.25) is 4.98 Å². The highest BCUT2D eigenvalue weighted by atomic mass is 35.5. The smallest absolute Gasteiger partial charge is 0.417 e. The molecule has 0 N–H and O–H groups in total. The summed E-state index contributed by atoms with van der Waals surface area (Å²) in [4.78, 5) is 16.2. The quantitative estimate of drug-likeness (QED) is 0.484. The third kappa shape index (κ3) is 4.21. The highest BCUT2D eigenvalue weighted by molar-refractivity contribution is 6.32. The molecule has 148 valence electrons. The molecule has 0 saturated heterocycles. The Labute approximate surface area is 167 Å². The monoisotopic (exact) mass is 434 g/mol. The van der Waals surface area contributed by atoms with Crippen molar-refractivity contribution in [2.45, 2.75) is 24.9 Å². The molecule has 1 aromatic carbocycles. The molecule has 28 heavy (non-hydrogen) atoms. The number of aromatic nitrogens is 1. The van der Waals surface area contributed by atoms with Crippen LogP contribution in [0.15, 0.2) is 30.5 Å². The van der Waals surface area contributed by atoms with E-state index in [1.54, 1.807) is 6.07 Å². The highest BCUT2D eigenvalue weighted by Crippen LogP contribution is 2.38. The third-order valence-corrected chi connectivity index (χ3v) is 4.53. The minimum atomic E-state index is -4.73. The summed E-state index contributed by atoms with van der Waals surface area (Å²) < 4.78 is 57.8. The fraction of sp³-hybridized carbons (Fsp3) is 0.278. The second kappa shape index (κ2) is 8.33. The van der Waals surface area contributed by atoms with Crippen LogP contribution in [0.3, 0.4) is 0 Å². The number of esters is 1. The van der Waals surface area contributed by atoms with Crippen molar-refractivity contribution in [2.75, 3.05) is 6.61 Å². The van der Waals surface area contributed by atoms with Crippen LogP contribution in [0.5, 0.6) is 0 Å². The summed E-state index contributed by atoms with van der Waals surface area (Å²) >= 11 is 11.9. The van der Waals surface area contributed by atoms with Gasteiger partial charge in [-0.2, -0.15) is 18.4 Å². The molecule has 0 fully saturated rings. The van der Waals surface area contributed by atoms with Gasteiger partial charge in [-0.05, 0) is 25.1 Å². The van der Waals surface area contributed by atoms with Crippen LogP contribution in [0.25, 0.3) is 0 Å². The van der Waals surface area contributed by atoms with Gasteiger partial charge in [0.15, 0.2) is 0 Å². The van der Waals surface area contributed by atoms with Gasteiger partial charge in [0.25, 0.3) is 0 Å². The van der Waals surface area contributed by atoms with Gasteiger partial charge in [0.1, 0.15) is 5.82 Å². The van der Waals surface area contributed by atoms with Crippen molar-refractivity contribution >= 4 is 29.2 Å². The summed E-state index contributed by atoms with van der Waals surface area (Å²) in [6.45, 7) is 1.34. The molecular formula is C18H12Cl2F4N2O2. The van der Waals surface area contributed by atoms with Gasteiger partial charge in [0.2, 0.25) is 5.41 Å². The first-order valence-corrected chi connectivity index (χ1v) is 8.57. The van der Waals surface area contributed by atoms with Crippen LogP contribution in [-0.4, -0.2) is 17.6 Å². The van der Waals surface area contributed by atoms with Crippen molar-refractivity contribution in [1.82, 2.24) is 4.98 Å². The maximum atomic E-state index is 14.3. The van der Waals surface area contributed by atoms with Gasteiger partial charge in [0.05, 0.1) is 29.0 Å². The Morgan fingerprint density at radius 2 is 1.96 bits per heavy atom. The van der Waals surface area contributed by atoms with Crippen LogP contribution in [-0.2, 0) is 27.5 Å². The zero-order chi connectivity index (χ0) is 21.1. The fourth-order valence-electron chi connectivity index (χ4n) is 2.52. The van der Waals surface area contributed by atoms with Crippen LogP contribution in [0.4, 0.5) is 17.6 Å². The zero-order valence-corrected chi connectivity index (χ0v) is 15.8. The number of alkyl halides is 3. The molecule has 0 saturated carbocycles. The molecule has 0 aliphatic rings. The van der Waals surface area contributed by atoms with Gasteiger partial charge in [-0.15, -0.1) is 0 Å². The minimum Gasteiger partial charge on any atom is -0.464 e. The Morgan fingerprint density at radius 1 is 1.29 bits per heavy atom. The summed E-state index contributed by atoms with van der Waals surface area (Å²) in [6, 6.07) is 5.96. The Kier molecular flexibility index (Phi) is 6.52. The SMILES string of the molecule is CCOC(=O)[C@@](C#N)(Cc1c(F)cccc1Cl)c1ncc(C(F)(F)F)cc1Cl. The lowest BCUT2D eigenvalue weighted by Crippen LogP contribution is -2.40. The van der Waals surface area contributed by atoms with Crippen LogP contribution in [0, 0.1) is 17.1 Å². The molecule has 1 heterocycles. The van der Waals surface area contributed by atoms with Crippen LogP contribution < -0.4 is 0 Å². The normalized spacial score (nSPS) is 13.5. The van der Waals surface area contributed by atoms with E-state index in [4.69, 9.17) is 27.9 Å².